The van der Waals surface area contributed by atoms with E-state index in [1.807, 2.05) is 6.92 Å². The van der Waals surface area contributed by atoms with E-state index in [-0.39, 0.29) is 11.5 Å². The van der Waals surface area contributed by atoms with E-state index in [2.05, 4.69) is 15.0 Å². The summed E-state index contributed by atoms with van der Waals surface area (Å²) >= 11 is 0. The predicted octanol–water partition coefficient (Wildman–Crippen LogP) is 3.28. The van der Waals surface area contributed by atoms with E-state index in [0.717, 1.165) is 0 Å². The molecule has 0 atom stereocenters. The molecule has 19 heavy (non-hydrogen) atoms. The third-order valence-corrected chi connectivity index (χ3v) is 2.63. The van der Waals surface area contributed by atoms with Crippen LogP contribution in [0.15, 0.2) is 24.4 Å². The molecule has 2 rings (SSSR count). The lowest BCUT2D eigenvalue weighted by Crippen LogP contribution is -2.05. The lowest BCUT2D eigenvalue weighted by atomic mass is 10.1. The average Bonchev–Trinajstić information content (AvgIpc) is 2.39. The van der Waals surface area contributed by atoms with E-state index in [1.54, 1.807) is 18.2 Å². The first-order valence-corrected chi connectivity index (χ1v) is 5.81. The second-order valence-corrected chi connectivity index (χ2v) is 3.76. The van der Waals surface area contributed by atoms with Crippen molar-refractivity contribution in [1.82, 2.24) is 4.98 Å². The van der Waals surface area contributed by atoms with Gasteiger partial charge in [0, 0.05) is 23.5 Å². The van der Waals surface area contributed by atoms with E-state index >= 15 is 0 Å². The molecule has 0 spiro atoms. The van der Waals surface area contributed by atoms with Crippen LogP contribution in [0, 0.1) is 0 Å². The molecule has 4 nitrogen and oxygen atoms in total. The minimum absolute atomic E-state index is 0.0246. The molecule has 0 bridgehead atoms. The molecule has 2 aromatic rings. The maximum Gasteiger partial charge on any atom is 0.387 e. The van der Waals surface area contributed by atoms with Crippen LogP contribution in [0.3, 0.4) is 0 Å². The highest BCUT2D eigenvalue weighted by Gasteiger charge is 2.16. The smallest absolute Gasteiger partial charge is 0.387 e. The van der Waals surface area contributed by atoms with Crippen molar-refractivity contribution in [2.45, 2.75) is 13.5 Å². The largest absolute Gasteiger partial charge is 0.493 e. The van der Waals surface area contributed by atoms with Crippen LogP contribution in [-0.4, -0.2) is 25.3 Å². The summed E-state index contributed by atoms with van der Waals surface area (Å²) in [6.45, 7) is -0.292. The van der Waals surface area contributed by atoms with Crippen molar-refractivity contribution in [1.29, 1.82) is 0 Å². The Bertz CT molecular complexity index is 576. The van der Waals surface area contributed by atoms with Crippen LogP contribution < -0.4 is 14.8 Å². The van der Waals surface area contributed by atoms with Gasteiger partial charge in [0.25, 0.3) is 0 Å². The molecular weight excluding hydrogens is 254 g/mol. The van der Waals surface area contributed by atoms with Crippen molar-refractivity contribution in [3.8, 4) is 11.5 Å². The first-order chi connectivity index (χ1) is 9.17. The lowest BCUT2D eigenvalue weighted by molar-refractivity contribution is -0.0501. The fourth-order valence-electron chi connectivity index (χ4n) is 1.89. The van der Waals surface area contributed by atoms with Crippen molar-refractivity contribution < 1.29 is 18.3 Å². The molecule has 0 unspecified atom stereocenters. The van der Waals surface area contributed by atoms with Gasteiger partial charge in [0.05, 0.1) is 7.11 Å². The maximum atomic E-state index is 12.5. The Kier molecular flexibility index (Phi) is 3.99. The molecule has 1 N–H and O–H groups in total. The van der Waals surface area contributed by atoms with E-state index < -0.39 is 6.61 Å². The number of benzene rings is 1. The number of halogens is 2. The Morgan fingerprint density at radius 3 is 2.68 bits per heavy atom. The molecular formula is C13H14F2N2O2. The second kappa shape index (κ2) is 5.69. The summed E-state index contributed by atoms with van der Waals surface area (Å²) in [5.74, 6) is 0.916. The van der Waals surface area contributed by atoms with Crippen LogP contribution in [0.4, 0.5) is 14.6 Å². The molecule has 0 aliphatic carbocycles. The van der Waals surface area contributed by atoms with Gasteiger partial charge >= 0.3 is 6.61 Å². The summed E-state index contributed by atoms with van der Waals surface area (Å²) in [4.78, 5) is 4.18. The van der Waals surface area contributed by atoms with Gasteiger partial charge in [-0.2, -0.15) is 8.78 Å². The summed E-state index contributed by atoms with van der Waals surface area (Å²) in [5.41, 5.74) is 0. The number of nitrogens with zero attached hydrogens (tertiary/aromatic N) is 1. The van der Waals surface area contributed by atoms with Crippen LogP contribution in [0.1, 0.15) is 6.92 Å². The van der Waals surface area contributed by atoms with Crippen molar-refractivity contribution in [3.63, 3.8) is 0 Å². The number of ether oxygens (including phenoxy) is 2. The monoisotopic (exact) mass is 268 g/mol. The molecule has 1 heterocycles. The highest BCUT2D eigenvalue weighted by Crippen LogP contribution is 2.38. The molecule has 1 aromatic carbocycles. The minimum Gasteiger partial charge on any atom is -0.493 e. The zero-order valence-corrected chi connectivity index (χ0v) is 10.6. The predicted molar refractivity (Wildman–Crippen MR) is 69.1 cm³/mol. The molecule has 0 fully saturated rings. The van der Waals surface area contributed by atoms with E-state index in [0.29, 0.717) is 23.1 Å². The minimum atomic E-state index is -2.91. The van der Waals surface area contributed by atoms with Gasteiger partial charge in [-0.25, -0.2) is 4.98 Å². The third-order valence-electron chi connectivity index (χ3n) is 2.63. The van der Waals surface area contributed by atoms with Gasteiger partial charge in [-0.15, -0.1) is 0 Å². The number of pyridine rings is 1. The van der Waals surface area contributed by atoms with Crippen LogP contribution in [0.25, 0.3) is 10.8 Å². The van der Waals surface area contributed by atoms with Crippen molar-refractivity contribution in [2.24, 2.45) is 0 Å². The SMILES string of the molecule is CCNc1nccc2c(OC(F)F)c(OC)ccc12. The van der Waals surface area contributed by atoms with Crippen LogP contribution >= 0.6 is 0 Å². The van der Waals surface area contributed by atoms with Gasteiger partial charge in [-0.3, -0.25) is 0 Å². The Labute approximate surface area is 109 Å². The quantitative estimate of drug-likeness (QED) is 0.903. The molecule has 0 radical (unpaired) electrons. The number of anilines is 1. The van der Waals surface area contributed by atoms with Crippen molar-refractivity contribution >= 4 is 16.6 Å². The molecule has 0 aliphatic heterocycles. The Morgan fingerprint density at radius 1 is 1.26 bits per heavy atom. The zero-order chi connectivity index (χ0) is 13.8. The normalized spacial score (nSPS) is 10.8. The fraction of sp³-hybridized carbons (Fsp3) is 0.308. The number of alkyl halides is 2. The lowest BCUT2D eigenvalue weighted by Gasteiger charge is -2.14. The average molecular weight is 268 g/mol. The first-order valence-electron chi connectivity index (χ1n) is 5.81. The standard InChI is InChI=1S/C13H14F2N2O2/c1-3-16-12-9-4-5-10(18-2)11(19-13(14)15)8(9)6-7-17-12/h4-7,13H,3H2,1-2H3,(H,16,17). The van der Waals surface area contributed by atoms with Gasteiger partial charge in [-0.05, 0) is 25.1 Å². The van der Waals surface area contributed by atoms with Gasteiger partial charge < -0.3 is 14.8 Å². The van der Waals surface area contributed by atoms with Gasteiger partial charge in [0.2, 0.25) is 0 Å². The van der Waals surface area contributed by atoms with Gasteiger partial charge in [-0.1, -0.05) is 0 Å². The number of rotatable bonds is 5. The Balaban J connectivity index is 2.64. The number of hydrogen-bond acceptors (Lipinski definition) is 4. The summed E-state index contributed by atoms with van der Waals surface area (Å²) in [5, 5.41) is 4.32. The summed E-state index contributed by atoms with van der Waals surface area (Å²) in [6, 6.07) is 4.97. The Hall–Kier alpha value is -2.11. The molecule has 0 amide bonds. The Morgan fingerprint density at radius 2 is 2.05 bits per heavy atom. The number of aromatic nitrogens is 1. The first kappa shape index (κ1) is 13.3. The number of hydrogen-bond donors (Lipinski definition) is 1. The summed E-state index contributed by atoms with van der Waals surface area (Å²) in [6.07, 6.45) is 1.54. The zero-order valence-electron chi connectivity index (χ0n) is 10.6. The van der Waals surface area contributed by atoms with Crippen LogP contribution in [-0.2, 0) is 0 Å². The van der Waals surface area contributed by atoms with Crippen LogP contribution in [0.5, 0.6) is 11.5 Å². The molecule has 0 aliphatic rings. The molecule has 0 saturated carbocycles. The van der Waals surface area contributed by atoms with Crippen LogP contribution in [0.2, 0.25) is 0 Å². The fourth-order valence-corrected chi connectivity index (χ4v) is 1.89. The number of fused-ring (bicyclic) bond motifs is 1. The second-order valence-electron chi connectivity index (χ2n) is 3.76. The molecule has 1 aromatic heterocycles. The van der Waals surface area contributed by atoms with Crippen molar-refractivity contribution in [3.05, 3.63) is 24.4 Å². The summed E-state index contributed by atoms with van der Waals surface area (Å²) < 4.78 is 34.6. The molecule has 0 saturated heterocycles. The van der Waals surface area contributed by atoms with Crippen molar-refractivity contribution in [2.75, 3.05) is 19.0 Å². The topological polar surface area (TPSA) is 43.4 Å². The third kappa shape index (κ3) is 2.67. The molecule has 102 valence electrons. The van der Waals surface area contributed by atoms with E-state index in [9.17, 15) is 8.78 Å². The maximum absolute atomic E-state index is 12.5. The highest BCUT2D eigenvalue weighted by molar-refractivity contribution is 5.97. The highest BCUT2D eigenvalue weighted by atomic mass is 19.3. The van der Waals surface area contributed by atoms with E-state index in [1.165, 1.54) is 13.3 Å². The molecule has 6 heteroatoms. The van der Waals surface area contributed by atoms with Gasteiger partial charge in [0.15, 0.2) is 11.5 Å². The van der Waals surface area contributed by atoms with E-state index in [4.69, 9.17) is 4.74 Å². The number of methoxy groups -OCH3 is 1. The van der Waals surface area contributed by atoms with Gasteiger partial charge in [0.1, 0.15) is 5.82 Å². The summed E-state index contributed by atoms with van der Waals surface area (Å²) in [7, 11) is 1.41. The number of nitrogens with one attached hydrogen (secondary N) is 1.